The fourth-order valence-electron chi connectivity index (χ4n) is 1.35. The average molecular weight is 210 g/mol. The molecule has 0 unspecified atom stereocenters. The summed E-state index contributed by atoms with van der Waals surface area (Å²) in [5.74, 6) is 0. The van der Waals surface area contributed by atoms with Gasteiger partial charge in [-0.2, -0.15) is 8.78 Å². The zero-order chi connectivity index (χ0) is 10.6. The van der Waals surface area contributed by atoms with E-state index in [9.17, 15) is 13.6 Å². The minimum Gasteiger partial charge on any atom is -0.445 e. The number of hydrogen-bond acceptors (Lipinski definition) is 4. The number of ether oxygens (including phenoxy) is 2. The maximum absolute atomic E-state index is 11.6. The Kier molecular flexibility index (Phi) is 4.02. The molecule has 0 aliphatic carbocycles. The number of hydrogen-bond donors (Lipinski definition) is 2. The van der Waals surface area contributed by atoms with Gasteiger partial charge in [0.15, 0.2) is 0 Å². The first-order chi connectivity index (χ1) is 6.58. The lowest BCUT2D eigenvalue weighted by molar-refractivity contribution is -0.133. The molecule has 1 amide bonds. The number of halogens is 2. The van der Waals surface area contributed by atoms with E-state index in [-0.39, 0.29) is 18.8 Å². The number of rotatable bonds is 4. The van der Waals surface area contributed by atoms with Gasteiger partial charge in [-0.05, 0) is 0 Å². The molecule has 0 aromatic carbocycles. The summed E-state index contributed by atoms with van der Waals surface area (Å²) in [6.07, 6.45) is -0.763. The van der Waals surface area contributed by atoms with E-state index in [1.54, 1.807) is 0 Å². The minimum absolute atomic E-state index is 0.101. The van der Waals surface area contributed by atoms with E-state index in [4.69, 9.17) is 5.73 Å². The summed E-state index contributed by atoms with van der Waals surface area (Å²) in [6, 6.07) is -0.214. The van der Waals surface area contributed by atoms with E-state index < -0.39 is 12.7 Å². The Bertz CT molecular complexity index is 203. The van der Waals surface area contributed by atoms with E-state index in [0.717, 1.165) is 0 Å². The second kappa shape index (κ2) is 5.06. The van der Waals surface area contributed by atoms with Crippen LogP contribution in [0.1, 0.15) is 6.42 Å². The molecular weight excluding hydrogens is 198 g/mol. The maximum Gasteiger partial charge on any atom is 0.404 e. The zero-order valence-electron chi connectivity index (χ0n) is 7.41. The van der Waals surface area contributed by atoms with Gasteiger partial charge in [0.25, 0.3) is 0 Å². The average Bonchev–Trinajstić information content (AvgIpc) is 2.47. The highest BCUT2D eigenvalue weighted by atomic mass is 19.3. The van der Waals surface area contributed by atoms with Crippen molar-refractivity contribution < 1.29 is 23.0 Å². The molecule has 1 rings (SSSR count). The lowest BCUT2D eigenvalue weighted by atomic mass is 10.2. The summed E-state index contributed by atoms with van der Waals surface area (Å²) >= 11 is 0. The van der Waals surface area contributed by atoms with Gasteiger partial charge in [-0.15, -0.1) is 0 Å². The highest BCUT2D eigenvalue weighted by Gasteiger charge is 2.27. The van der Waals surface area contributed by atoms with E-state index in [1.807, 2.05) is 0 Å². The molecule has 0 bridgehead atoms. The van der Waals surface area contributed by atoms with Crippen molar-refractivity contribution >= 4 is 6.09 Å². The summed E-state index contributed by atoms with van der Waals surface area (Å²) in [4.78, 5) is 10.3. The van der Waals surface area contributed by atoms with Crippen molar-refractivity contribution in [3.63, 3.8) is 0 Å². The van der Waals surface area contributed by atoms with E-state index in [1.165, 1.54) is 0 Å². The first kappa shape index (κ1) is 11.1. The van der Waals surface area contributed by atoms with E-state index in [0.29, 0.717) is 13.0 Å². The molecule has 0 aromatic heterocycles. The number of carbonyl (C=O) groups is 1. The number of primary amides is 1. The van der Waals surface area contributed by atoms with Crippen molar-refractivity contribution in [2.45, 2.75) is 25.2 Å². The van der Waals surface area contributed by atoms with E-state index in [2.05, 4.69) is 14.8 Å². The Morgan fingerprint density at radius 3 is 2.93 bits per heavy atom. The summed E-state index contributed by atoms with van der Waals surface area (Å²) in [7, 11) is 0. The Labute approximate surface area is 79.5 Å². The van der Waals surface area contributed by atoms with Crippen LogP contribution in [-0.4, -0.2) is 38.0 Å². The normalized spacial score (nSPS) is 26.8. The zero-order valence-corrected chi connectivity index (χ0v) is 7.41. The Hall–Kier alpha value is -0.950. The second-order valence-electron chi connectivity index (χ2n) is 2.99. The molecule has 1 fully saturated rings. The van der Waals surface area contributed by atoms with Crippen molar-refractivity contribution in [1.82, 2.24) is 5.32 Å². The van der Waals surface area contributed by atoms with Crippen molar-refractivity contribution in [3.05, 3.63) is 0 Å². The smallest absolute Gasteiger partial charge is 0.404 e. The Morgan fingerprint density at radius 2 is 2.36 bits per heavy atom. The van der Waals surface area contributed by atoms with Crippen molar-refractivity contribution in [2.75, 3.05) is 13.2 Å². The largest absolute Gasteiger partial charge is 0.445 e. The number of amides is 1. The third-order valence-corrected chi connectivity index (χ3v) is 1.89. The van der Waals surface area contributed by atoms with Crippen LogP contribution in [0, 0.1) is 0 Å². The molecular formula is C7H12F2N2O3. The molecule has 1 heterocycles. The molecule has 0 saturated carbocycles. The molecule has 82 valence electrons. The monoisotopic (exact) mass is 210 g/mol. The standard InChI is InChI=1S/C7H12F2N2O3/c8-6(9)13-3-4-1-5(2-11-4)14-7(10)12/h4-6,11H,1-3H2,(H2,10,12)/t4-,5-/m0/s1. The van der Waals surface area contributed by atoms with Gasteiger partial charge in [-0.1, -0.05) is 0 Å². The third-order valence-electron chi connectivity index (χ3n) is 1.89. The number of nitrogens with one attached hydrogen (secondary N) is 1. The fourth-order valence-corrected chi connectivity index (χ4v) is 1.35. The molecule has 1 aliphatic heterocycles. The second-order valence-corrected chi connectivity index (χ2v) is 2.99. The first-order valence-corrected chi connectivity index (χ1v) is 4.17. The van der Waals surface area contributed by atoms with Gasteiger partial charge in [0.1, 0.15) is 6.10 Å². The quantitative estimate of drug-likeness (QED) is 0.687. The molecule has 7 heteroatoms. The van der Waals surface area contributed by atoms with Crippen LogP contribution in [0.15, 0.2) is 0 Å². The molecule has 0 spiro atoms. The number of nitrogens with two attached hydrogens (primary N) is 1. The highest BCUT2D eigenvalue weighted by molar-refractivity contribution is 5.64. The SMILES string of the molecule is NC(=O)O[C@@H]1CN[C@H](COC(F)F)C1. The highest BCUT2D eigenvalue weighted by Crippen LogP contribution is 2.11. The van der Waals surface area contributed by atoms with Crippen LogP contribution >= 0.6 is 0 Å². The topological polar surface area (TPSA) is 73.6 Å². The third kappa shape index (κ3) is 3.84. The van der Waals surface area contributed by atoms with Crippen LogP contribution < -0.4 is 11.1 Å². The van der Waals surface area contributed by atoms with Gasteiger partial charge in [0, 0.05) is 19.0 Å². The Morgan fingerprint density at radius 1 is 1.64 bits per heavy atom. The predicted octanol–water partition coefficient (Wildman–Crippen LogP) is 0.0514. The van der Waals surface area contributed by atoms with Crippen molar-refractivity contribution in [3.8, 4) is 0 Å². The van der Waals surface area contributed by atoms with Gasteiger partial charge in [-0.25, -0.2) is 4.79 Å². The van der Waals surface area contributed by atoms with Crippen molar-refractivity contribution in [1.29, 1.82) is 0 Å². The molecule has 0 aromatic rings. The van der Waals surface area contributed by atoms with Crippen LogP contribution in [0.4, 0.5) is 13.6 Å². The molecule has 3 N–H and O–H groups in total. The summed E-state index contributed by atoms with van der Waals surface area (Å²) < 4.78 is 32.1. The maximum atomic E-state index is 11.6. The van der Waals surface area contributed by atoms with Crippen molar-refractivity contribution in [2.24, 2.45) is 5.73 Å². The summed E-state index contributed by atoms with van der Waals surface area (Å²) in [6.45, 7) is -2.45. The van der Waals surface area contributed by atoms with Gasteiger partial charge in [0.05, 0.1) is 6.61 Å². The fraction of sp³-hybridized carbons (Fsp3) is 0.857. The molecule has 0 radical (unpaired) electrons. The van der Waals surface area contributed by atoms with E-state index >= 15 is 0 Å². The lowest BCUT2D eigenvalue weighted by Crippen LogP contribution is -2.27. The molecule has 14 heavy (non-hydrogen) atoms. The molecule has 2 atom stereocenters. The van der Waals surface area contributed by atoms with Crippen LogP contribution in [0.3, 0.4) is 0 Å². The minimum atomic E-state index is -2.77. The van der Waals surface area contributed by atoms with Gasteiger partial charge in [0.2, 0.25) is 0 Å². The van der Waals surface area contributed by atoms with Crippen LogP contribution in [0.5, 0.6) is 0 Å². The molecule has 1 aliphatic rings. The lowest BCUT2D eigenvalue weighted by Gasteiger charge is -2.10. The van der Waals surface area contributed by atoms with Gasteiger partial charge >= 0.3 is 12.7 Å². The molecule has 1 saturated heterocycles. The van der Waals surface area contributed by atoms with Gasteiger partial charge in [-0.3, -0.25) is 0 Å². The first-order valence-electron chi connectivity index (χ1n) is 4.17. The van der Waals surface area contributed by atoms with Gasteiger partial charge < -0.3 is 20.5 Å². The van der Waals surface area contributed by atoms with Crippen LogP contribution in [-0.2, 0) is 9.47 Å². The molecule has 5 nitrogen and oxygen atoms in total. The summed E-state index contributed by atoms with van der Waals surface area (Å²) in [5.41, 5.74) is 4.80. The Balaban J connectivity index is 2.17. The van der Waals surface area contributed by atoms with Crippen LogP contribution in [0.25, 0.3) is 0 Å². The predicted molar refractivity (Wildman–Crippen MR) is 42.8 cm³/mol. The van der Waals surface area contributed by atoms with Crippen LogP contribution in [0.2, 0.25) is 0 Å². The number of carbonyl (C=O) groups excluding carboxylic acids is 1. The number of alkyl halides is 2. The summed E-state index contributed by atoms with van der Waals surface area (Å²) in [5, 5.41) is 2.88.